The average molecular weight is 501 g/mol. The molecule has 1 saturated carbocycles. The molecular weight excluding hydrogens is 472 g/mol. The van der Waals surface area contributed by atoms with Crippen LogP contribution in [0.1, 0.15) is 58.3 Å². The van der Waals surface area contributed by atoms with E-state index in [1.807, 2.05) is 13.0 Å². The number of carbonyl (C=O) groups is 2. The molecule has 186 valence electrons. The Morgan fingerprint density at radius 2 is 1.91 bits per heavy atom. The van der Waals surface area contributed by atoms with E-state index in [2.05, 4.69) is 0 Å². The Morgan fingerprint density at radius 3 is 2.57 bits per heavy atom. The minimum atomic E-state index is -4.26. The molecule has 0 amide bonds. The third kappa shape index (κ3) is 4.91. The molecule has 8 nitrogen and oxygen atoms in total. The number of hydrogen-bond acceptors (Lipinski definition) is 7. The van der Waals surface area contributed by atoms with Crippen molar-refractivity contribution in [2.45, 2.75) is 57.5 Å². The monoisotopic (exact) mass is 500 g/mol. The van der Waals surface area contributed by atoms with Crippen molar-refractivity contribution in [2.24, 2.45) is 5.92 Å². The van der Waals surface area contributed by atoms with E-state index in [-0.39, 0.29) is 41.6 Å². The highest BCUT2D eigenvalue weighted by molar-refractivity contribution is 7.87. The third-order valence-corrected chi connectivity index (χ3v) is 7.90. The second kappa shape index (κ2) is 9.73. The van der Waals surface area contributed by atoms with E-state index in [1.54, 1.807) is 19.1 Å². The van der Waals surface area contributed by atoms with Crippen molar-refractivity contribution < 1.29 is 36.8 Å². The molecule has 0 bridgehead atoms. The molecule has 1 unspecified atom stereocenters. The number of hydrogen-bond donors (Lipinski definition) is 1. The van der Waals surface area contributed by atoms with E-state index in [0.29, 0.717) is 22.4 Å². The molecule has 1 aliphatic heterocycles. The number of ether oxygens (including phenoxy) is 2. The van der Waals surface area contributed by atoms with Crippen LogP contribution in [-0.4, -0.2) is 32.6 Å². The normalized spacial score (nSPS) is 18.4. The topological polar surface area (TPSA) is 116 Å². The molecule has 0 saturated heterocycles. The van der Waals surface area contributed by atoms with E-state index < -0.39 is 22.1 Å². The number of aryl methyl sites for hydroxylation is 1. The fourth-order valence-electron chi connectivity index (χ4n) is 4.85. The molecule has 9 heteroatoms. The summed E-state index contributed by atoms with van der Waals surface area (Å²) in [6, 6.07) is 6.23. The molecule has 0 spiro atoms. The zero-order valence-corrected chi connectivity index (χ0v) is 20.7. The van der Waals surface area contributed by atoms with Gasteiger partial charge in [-0.15, -0.1) is 0 Å². The van der Waals surface area contributed by atoms with Crippen LogP contribution in [0, 0.1) is 19.8 Å². The van der Waals surface area contributed by atoms with Crippen molar-refractivity contribution in [3.8, 4) is 11.5 Å². The van der Waals surface area contributed by atoms with Crippen molar-refractivity contribution in [1.29, 1.82) is 0 Å². The largest absolute Gasteiger partial charge is 0.496 e. The van der Waals surface area contributed by atoms with E-state index in [4.69, 9.17) is 13.7 Å². The van der Waals surface area contributed by atoms with Crippen LogP contribution in [0.25, 0.3) is 0 Å². The smallest absolute Gasteiger partial charge is 0.342 e. The van der Waals surface area contributed by atoms with Gasteiger partial charge in [-0.1, -0.05) is 29.3 Å². The first kappa shape index (κ1) is 24.8. The van der Waals surface area contributed by atoms with Crippen molar-refractivity contribution in [1.82, 2.24) is 0 Å². The molecule has 1 N–H and O–H groups in total. The van der Waals surface area contributed by atoms with Crippen LogP contribution >= 0.6 is 0 Å². The number of carbonyl (C=O) groups excluding carboxylic acids is 1. The maximum atomic E-state index is 13.2. The van der Waals surface area contributed by atoms with Crippen LogP contribution in [0.4, 0.5) is 0 Å². The predicted molar refractivity (Wildman–Crippen MR) is 127 cm³/mol. The molecule has 1 atom stereocenters. The zero-order chi connectivity index (χ0) is 25.3. The van der Waals surface area contributed by atoms with Crippen molar-refractivity contribution in [3.63, 3.8) is 0 Å². The van der Waals surface area contributed by atoms with Crippen molar-refractivity contribution in [3.05, 3.63) is 63.7 Å². The van der Waals surface area contributed by atoms with Gasteiger partial charge in [-0.05, 0) is 63.1 Å². The highest BCUT2D eigenvalue weighted by atomic mass is 32.2. The van der Waals surface area contributed by atoms with Gasteiger partial charge in [0.1, 0.15) is 22.8 Å². The number of esters is 1. The molecule has 0 radical (unpaired) electrons. The number of rotatable bonds is 8. The van der Waals surface area contributed by atoms with Gasteiger partial charge in [-0.25, -0.2) is 4.79 Å². The summed E-state index contributed by atoms with van der Waals surface area (Å²) in [5.41, 5.74) is 3.60. The minimum Gasteiger partial charge on any atom is -0.496 e. The van der Waals surface area contributed by atoms with Crippen LogP contribution in [0.3, 0.4) is 0 Å². The molecule has 2 aromatic rings. The van der Waals surface area contributed by atoms with Gasteiger partial charge in [0.2, 0.25) is 0 Å². The number of carboxylic acids is 1. The summed E-state index contributed by atoms with van der Waals surface area (Å²) < 4.78 is 42.9. The van der Waals surface area contributed by atoms with Crippen molar-refractivity contribution in [2.75, 3.05) is 7.11 Å². The molecule has 0 aromatic heterocycles. The quantitative estimate of drug-likeness (QED) is 0.320. The number of carboxylic acid groups (broad SMARTS) is 1. The summed E-state index contributed by atoms with van der Waals surface area (Å²) >= 11 is 0. The molecule has 2 aliphatic rings. The van der Waals surface area contributed by atoms with Crippen molar-refractivity contribution >= 4 is 22.1 Å². The Labute approximate surface area is 204 Å². The zero-order valence-electron chi connectivity index (χ0n) is 19.9. The minimum absolute atomic E-state index is 0.000641. The SMILES string of the molecule is COc1c(C)c2c(c(OS(=O)(=O)c3ccc(C)cc3)c1C/C=C1\CCCC1CC(=O)O)C(=O)OC2. The Kier molecular flexibility index (Phi) is 6.89. The van der Waals surface area contributed by atoms with Gasteiger partial charge in [-0.2, -0.15) is 8.42 Å². The van der Waals surface area contributed by atoms with E-state index >= 15 is 0 Å². The third-order valence-electron chi connectivity index (χ3n) is 6.66. The molecule has 2 aromatic carbocycles. The Balaban J connectivity index is 1.82. The van der Waals surface area contributed by atoms with Crippen LogP contribution in [0.15, 0.2) is 40.8 Å². The predicted octanol–water partition coefficient (Wildman–Crippen LogP) is 4.49. The Bertz CT molecular complexity index is 1310. The number of benzene rings is 2. The number of allylic oxidation sites excluding steroid dienone is 2. The lowest BCUT2D eigenvalue weighted by Crippen LogP contribution is -2.15. The van der Waals surface area contributed by atoms with Crippen LogP contribution in [-0.2, 0) is 32.7 Å². The molecule has 1 heterocycles. The summed E-state index contributed by atoms with van der Waals surface area (Å²) in [4.78, 5) is 23.9. The van der Waals surface area contributed by atoms with E-state index in [1.165, 1.54) is 19.2 Å². The first-order valence-electron chi connectivity index (χ1n) is 11.4. The maximum absolute atomic E-state index is 13.2. The Morgan fingerprint density at radius 1 is 1.20 bits per heavy atom. The summed E-state index contributed by atoms with van der Waals surface area (Å²) in [5, 5.41) is 9.24. The van der Waals surface area contributed by atoms with Gasteiger partial charge in [0.15, 0.2) is 5.75 Å². The molecule has 1 aliphatic carbocycles. The van der Waals surface area contributed by atoms with E-state index in [9.17, 15) is 23.1 Å². The van der Waals surface area contributed by atoms with Crippen LogP contribution < -0.4 is 8.92 Å². The summed E-state index contributed by atoms with van der Waals surface area (Å²) in [6.07, 6.45) is 4.62. The molecule has 4 rings (SSSR count). The van der Waals surface area contributed by atoms with Gasteiger partial charge in [0.05, 0.1) is 13.5 Å². The van der Waals surface area contributed by atoms with Gasteiger partial charge in [0, 0.05) is 11.1 Å². The number of methoxy groups -OCH3 is 1. The first-order valence-corrected chi connectivity index (χ1v) is 12.8. The summed E-state index contributed by atoms with van der Waals surface area (Å²) in [7, 11) is -2.78. The summed E-state index contributed by atoms with van der Waals surface area (Å²) in [6.45, 7) is 3.63. The second-order valence-electron chi connectivity index (χ2n) is 8.92. The van der Waals surface area contributed by atoms with Gasteiger partial charge >= 0.3 is 22.1 Å². The lowest BCUT2D eigenvalue weighted by atomic mass is 9.93. The molecule has 1 fully saturated rings. The fourth-order valence-corrected chi connectivity index (χ4v) is 5.82. The Hall–Kier alpha value is -3.33. The number of aliphatic carboxylic acids is 1. The summed E-state index contributed by atoms with van der Waals surface area (Å²) in [5.74, 6) is -1.27. The van der Waals surface area contributed by atoms with Crippen LogP contribution in [0.2, 0.25) is 0 Å². The lowest BCUT2D eigenvalue weighted by molar-refractivity contribution is -0.137. The highest BCUT2D eigenvalue weighted by Crippen LogP contribution is 2.44. The lowest BCUT2D eigenvalue weighted by Gasteiger charge is -2.19. The second-order valence-corrected chi connectivity index (χ2v) is 10.5. The van der Waals surface area contributed by atoms with E-state index in [0.717, 1.165) is 30.4 Å². The maximum Gasteiger partial charge on any atom is 0.342 e. The van der Waals surface area contributed by atoms with Gasteiger partial charge in [0.25, 0.3) is 0 Å². The fraction of sp³-hybridized carbons (Fsp3) is 0.385. The standard InChI is InChI=1S/C26H28O8S/c1-15-7-10-19(11-8-15)35(30,31)34-25-20(12-9-17-5-4-6-18(17)13-22(27)28)24(32-3)16(2)21-14-33-26(29)23(21)25/h7-11,18H,4-6,12-14H2,1-3H3,(H,27,28)/b17-9+. The molecular formula is C26H28O8S. The number of cyclic esters (lactones) is 1. The first-order chi connectivity index (χ1) is 16.6. The van der Waals surface area contributed by atoms with Crippen LogP contribution in [0.5, 0.6) is 11.5 Å². The molecule has 35 heavy (non-hydrogen) atoms. The number of fused-ring (bicyclic) bond motifs is 1. The van der Waals surface area contributed by atoms with Gasteiger partial charge in [-0.3, -0.25) is 4.79 Å². The highest BCUT2D eigenvalue weighted by Gasteiger charge is 2.35. The van der Waals surface area contributed by atoms with Gasteiger partial charge < -0.3 is 18.8 Å². The average Bonchev–Trinajstić information content (AvgIpc) is 3.40.